The summed E-state index contributed by atoms with van der Waals surface area (Å²) in [6.45, 7) is 1.76. The third-order valence-corrected chi connectivity index (χ3v) is 6.16. The van der Waals surface area contributed by atoms with Gasteiger partial charge < -0.3 is 14.5 Å². The summed E-state index contributed by atoms with van der Waals surface area (Å²) in [4.78, 5) is 33.9. The van der Waals surface area contributed by atoms with Crippen LogP contribution < -0.4 is 4.90 Å². The summed E-state index contributed by atoms with van der Waals surface area (Å²) in [5.41, 5.74) is 1.66. The Morgan fingerprint density at radius 3 is 2.76 bits per heavy atom. The molecular weight excluding hydrogens is 414 g/mol. The average molecular weight is 434 g/mol. The summed E-state index contributed by atoms with van der Waals surface area (Å²) in [5.74, 6) is 0.775. The fraction of sp³-hybridized carbons (Fsp3) is 0.350. The van der Waals surface area contributed by atoms with Gasteiger partial charge in [-0.1, -0.05) is 16.8 Å². The van der Waals surface area contributed by atoms with Crippen LogP contribution in [-0.2, 0) is 9.57 Å². The highest BCUT2D eigenvalue weighted by Gasteiger charge is 2.32. The van der Waals surface area contributed by atoms with E-state index < -0.39 is 6.09 Å². The van der Waals surface area contributed by atoms with E-state index in [2.05, 4.69) is 5.16 Å². The van der Waals surface area contributed by atoms with Crippen LogP contribution >= 0.6 is 22.9 Å². The summed E-state index contributed by atoms with van der Waals surface area (Å²) < 4.78 is 6.03. The van der Waals surface area contributed by atoms with Crippen molar-refractivity contribution in [2.75, 3.05) is 31.6 Å². The lowest BCUT2D eigenvalue weighted by Gasteiger charge is -2.24. The molecule has 1 saturated heterocycles. The Morgan fingerprint density at radius 1 is 1.28 bits per heavy atom. The number of nitrogens with zero attached hydrogens (tertiary/aromatic N) is 3. The predicted octanol–water partition coefficient (Wildman–Crippen LogP) is 4.01. The van der Waals surface area contributed by atoms with E-state index in [4.69, 9.17) is 21.2 Å². The standard InChI is InChI=1S/C20H20ClN3O4S/c1-23-10-11-27-22-19(23)13-2-4-14(5-3-13)24-12-15(28-20(24)26)6-7-16(25)17-8-9-18(21)29-17/h2-5,8-9,15H,6-7,10-12H2,1H3/t15-/m0/s1. The topological polar surface area (TPSA) is 71.4 Å². The van der Waals surface area contributed by atoms with E-state index >= 15 is 0 Å². The molecule has 29 heavy (non-hydrogen) atoms. The first-order valence-electron chi connectivity index (χ1n) is 9.29. The van der Waals surface area contributed by atoms with Crippen molar-refractivity contribution >= 4 is 46.3 Å². The van der Waals surface area contributed by atoms with Crippen LogP contribution in [0.3, 0.4) is 0 Å². The quantitative estimate of drug-likeness (QED) is 0.643. The van der Waals surface area contributed by atoms with Crippen LogP contribution in [0.5, 0.6) is 0 Å². The number of benzene rings is 1. The molecule has 1 aromatic carbocycles. The fourth-order valence-electron chi connectivity index (χ4n) is 3.29. The summed E-state index contributed by atoms with van der Waals surface area (Å²) in [6.07, 6.45) is 0.0788. The van der Waals surface area contributed by atoms with Gasteiger partial charge in [0.15, 0.2) is 11.6 Å². The largest absolute Gasteiger partial charge is 0.444 e. The van der Waals surface area contributed by atoms with Crippen molar-refractivity contribution in [2.24, 2.45) is 5.16 Å². The van der Waals surface area contributed by atoms with Crippen LogP contribution in [-0.4, -0.2) is 55.5 Å². The Morgan fingerprint density at radius 2 is 2.07 bits per heavy atom. The summed E-state index contributed by atoms with van der Waals surface area (Å²) >= 11 is 7.14. The van der Waals surface area contributed by atoms with Gasteiger partial charge >= 0.3 is 6.09 Å². The molecule has 7 nitrogen and oxygen atoms in total. The first-order valence-corrected chi connectivity index (χ1v) is 10.5. The molecule has 2 aromatic rings. The van der Waals surface area contributed by atoms with Gasteiger partial charge in [-0.3, -0.25) is 9.69 Å². The van der Waals surface area contributed by atoms with Crippen LogP contribution in [0.15, 0.2) is 41.6 Å². The van der Waals surface area contributed by atoms with Crippen molar-refractivity contribution in [3.05, 3.63) is 51.2 Å². The zero-order chi connectivity index (χ0) is 20.4. The smallest absolute Gasteiger partial charge is 0.414 e. The Balaban J connectivity index is 1.36. The molecule has 0 unspecified atom stereocenters. The van der Waals surface area contributed by atoms with Crippen LogP contribution in [0.4, 0.5) is 10.5 Å². The highest BCUT2D eigenvalue weighted by Crippen LogP contribution is 2.27. The third-order valence-electron chi connectivity index (χ3n) is 4.88. The van der Waals surface area contributed by atoms with Crippen molar-refractivity contribution in [1.82, 2.24) is 4.90 Å². The lowest BCUT2D eigenvalue weighted by atomic mass is 10.1. The number of carbonyl (C=O) groups is 2. The van der Waals surface area contributed by atoms with E-state index in [-0.39, 0.29) is 11.9 Å². The Kier molecular flexibility index (Phi) is 5.73. The minimum atomic E-state index is -0.398. The van der Waals surface area contributed by atoms with Gasteiger partial charge in [-0.25, -0.2) is 4.79 Å². The minimum Gasteiger partial charge on any atom is -0.444 e. The summed E-state index contributed by atoms with van der Waals surface area (Å²) in [6, 6.07) is 11.0. The lowest BCUT2D eigenvalue weighted by molar-refractivity contribution is 0.0943. The van der Waals surface area contributed by atoms with Gasteiger partial charge in [0.05, 0.1) is 22.3 Å². The van der Waals surface area contributed by atoms with Crippen molar-refractivity contribution < 1.29 is 19.2 Å². The first-order chi connectivity index (χ1) is 14.0. The van der Waals surface area contributed by atoms with Crippen molar-refractivity contribution in [3.8, 4) is 0 Å². The number of Topliss-reactive ketones (excluding diaryl/α,β-unsaturated/α-hetero) is 1. The molecule has 152 valence electrons. The molecular formula is C20H20ClN3O4S. The number of carbonyl (C=O) groups excluding carboxylic acids is 2. The molecule has 0 bridgehead atoms. The molecule has 0 spiro atoms. The minimum absolute atomic E-state index is 0.0142. The maximum absolute atomic E-state index is 12.3. The van der Waals surface area contributed by atoms with Gasteiger partial charge in [0, 0.05) is 24.7 Å². The second kappa shape index (κ2) is 8.42. The summed E-state index contributed by atoms with van der Waals surface area (Å²) in [5, 5.41) is 4.10. The number of hydrogen-bond acceptors (Lipinski definition) is 7. The Hall–Kier alpha value is -2.58. The van der Waals surface area contributed by atoms with Gasteiger partial charge in [0.25, 0.3) is 0 Å². The highest BCUT2D eigenvalue weighted by molar-refractivity contribution is 7.18. The number of hydrogen-bond donors (Lipinski definition) is 0. The molecule has 9 heteroatoms. The number of oxime groups is 1. The predicted molar refractivity (Wildman–Crippen MR) is 112 cm³/mol. The molecule has 2 aliphatic rings. The number of amides is 1. The zero-order valence-electron chi connectivity index (χ0n) is 15.8. The van der Waals surface area contributed by atoms with Gasteiger partial charge in [0.1, 0.15) is 12.7 Å². The van der Waals surface area contributed by atoms with Gasteiger partial charge in [-0.15, -0.1) is 11.3 Å². The molecule has 1 fully saturated rings. The van der Waals surface area contributed by atoms with E-state index in [1.54, 1.807) is 17.0 Å². The normalized spacial score (nSPS) is 19.0. The van der Waals surface area contributed by atoms with Gasteiger partial charge in [0.2, 0.25) is 0 Å². The number of ketones is 1. The van der Waals surface area contributed by atoms with Crippen LogP contribution in [0.25, 0.3) is 0 Å². The maximum atomic E-state index is 12.3. The number of rotatable bonds is 6. The molecule has 3 heterocycles. The van der Waals surface area contributed by atoms with Crippen LogP contribution in [0.2, 0.25) is 4.34 Å². The lowest BCUT2D eigenvalue weighted by Crippen LogP contribution is -2.34. The maximum Gasteiger partial charge on any atom is 0.414 e. The Bertz CT molecular complexity index is 943. The van der Waals surface area contributed by atoms with E-state index in [1.165, 1.54) is 11.3 Å². The molecule has 0 saturated carbocycles. The highest BCUT2D eigenvalue weighted by atomic mass is 35.5. The number of halogens is 1. The van der Waals surface area contributed by atoms with Gasteiger partial charge in [-0.05, 0) is 42.8 Å². The van der Waals surface area contributed by atoms with Crippen molar-refractivity contribution in [1.29, 1.82) is 0 Å². The molecule has 1 atom stereocenters. The number of amidine groups is 1. The van der Waals surface area contributed by atoms with Crippen LogP contribution in [0.1, 0.15) is 28.1 Å². The summed E-state index contributed by atoms with van der Waals surface area (Å²) in [7, 11) is 1.96. The molecule has 2 aliphatic heterocycles. The number of cyclic esters (lactones) is 1. The molecule has 4 rings (SSSR count). The van der Waals surface area contributed by atoms with Crippen molar-refractivity contribution in [2.45, 2.75) is 18.9 Å². The molecule has 0 aliphatic carbocycles. The second-order valence-electron chi connectivity index (χ2n) is 6.90. The van der Waals surface area contributed by atoms with E-state index in [0.717, 1.165) is 23.6 Å². The average Bonchev–Trinajstić information content (AvgIpc) is 3.32. The number of ether oxygens (including phenoxy) is 1. The molecule has 1 aromatic heterocycles. The number of thiophene rings is 1. The molecule has 0 radical (unpaired) electrons. The number of anilines is 1. The number of likely N-dealkylation sites (N-methyl/N-ethyl adjacent to an activating group) is 1. The van der Waals surface area contributed by atoms with E-state index in [0.29, 0.717) is 35.2 Å². The SMILES string of the molecule is CN1CCON=C1c1ccc(N2C[C@H](CCC(=O)c3ccc(Cl)s3)OC2=O)cc1. The van der Waals surface area contributed by atoms with Crippen LogP contribution in [0, 0.1) is 0 Å². The van der Waals surface area contributed by atoms with E-state index in [9.17, 15) is 9.59 Å². The molecule has 1 amide bonds. The fourth-order valence-corrected chi connectivity index (χ4v) is 4.30. The second-order valence-corrected chi connectivity index (χ2v) is 8.61. The molecule has 0 N–H and O–H groups in total. The zero-order valence-corrected chi connectivity index (χ0v) is 17.4. The third kappa shape index (κ3) is 4.38. The van der Waals surface area contributed by atoms with Crippen molar-refractivity contribution in [3.63, 3.8) is 0 Å². The van der Waals surface area contributed by atoms with Gasteiger partial charge in [-0.2, -0.15) is 0 Å². The first kappa shape index (κ1) is 19.7. The monoisotopic (exact) mass is 433 g/mol. The van der Waals surface area contributed by atoms with E-state index in [1.807, 2.05) is 36.2 Å². The Labute approximate surface area is 177 Å².